The van der Waals surface area contributed by atoms with Gasteiger partial charge in [0.05, 0.1) is 23.9 Å². The minimum atomic E-state index is -0.190. The lowest BCUT2D eigenvalue weighted by atomic mass is 10.2. The minimum Gasteiger partial charge on any atom is -0.490 e. The van der Waals surface area contributed by atoms with Gasteiger partial charge in [-0.1, -0.05) is 12.1 Å². The van der Waals surface area contributed by atoms with E-state index in [2.05, 4.69) is 15.6 Å². The second-order valence-electron chi connectivity index (χ2n) is 5.68. The van der Waals surface area contributed by atoms with Crippen LogP contribution in [-0.4, -0.2) is 17.1 Å². The van der Waals surface area contributed by atoms with Gasteiger partial charge in [0.25, 0.3) is 0 Å². The van der Waals surface area contributed by atoms with Gasteiger partial charge in [0.2, 0.25) is 0 Å². The second-order valence-corrected chi connectivity index (χ2v) is 6.40. The number of benzene rings is 1. The van der Waals surface area contributed by atoms with Gasteiger partial charge in [0, 0.05) is 11.9 Å². The van der Waals surface area contributed by atoms with Crippen LogP contribution in [0.2, 0.25) is 0 Å². The lowest BCUT2D eigenvalue weighted by Crippen LogP contribution is -2.34. The summed E-state index contributed by atoms with van der Waals surface area (Å²) in [6.45, 7) is 0.941. The number of aromatic nitrogens is 1. The Hall–Kier alpha value is -2.08. The molecule has 3 rings (SSSR count). The van der Waals surface area contributed by atoms with Crippen LogP contribution in [0, 0.1) is 0 Å². The van der Waals surface area contributed by atoms with Crippen molar-refractivity contribution in [3.8, 4) is 5.75 Å². The van der Waals surface area contributed by atoms with Crippen molar-refractivity contribution >= 4 is 17.4 Å². The van der Waals surface area contributed by atoms with Crippen molar-refractivity contribution in [1.82, 2.24) is 15.6 Å². The molecule has 0 atom stereocenters. The van der Waals surface area contributed by atoms with Crippen LogP contribution in [0.1, 0.15) is 36.9 Å². The van der Waals surface area contributed by atoms with Gasteiger partial charge < -0.3 is 15.4 Å². The number of ether oxygens (including phenoxy) is 1. The molecule has 2 aromatic rings. The highest BCUT2D eigenvalue weighted by Gasteiger charge is 2.16. The van der Waals surface area contributed by atoms with E-state index in [1.165, 1.54) is 24.2 Å². The summed E-state index contributed by atoms with van der Waals surface area (Å²) in [5.74, 6) is 0.911. The van der Waals surface area contributed by atoms with E-state index >= 15 is 0 Å². The Morgan fingerprint density at radius 3 is 2.61 bits per heavy atom. The molecule has 6 heteroatoms. The Kier molecular flexibility index (Phi) is 5.47. The molecule has 1 heterocycles. The molecule has 1 aliphatic rings. The molecule has 122 valence electrons. The maximum Gasteiger partial charge on any atom is 0.315 e. The van der Waals surface area contributed by atoms with Crippen LogP contribution in [-0.2, 0) is 13.1 Å². The number of urea groups is 1. The first-order valence-electron chi connectivity index (χ1n) is 7.94. The first-order chi connectivity index (χ1) is 11.3. The maximum atomic E-state index is 11.7. The second kappa shape index (κ2) is 7.97. The van der Waals surface area contributed by atoms with Crippen LogP contribution in [0.5, 0.6) is 5.75 Å². The van der Waals surface area contributed by atoms with Gasteiger partial charge in [-0.2, -0.15) is 0 Å². The Labute approximate surface area is 140 Å². The number of nitrogens with zero attached hydrogens (tertiary/aromatic N) is 1. The SMILES string of the molecule is O=C(NCc1ccc(OC2CCCC2)cc1)NCc1cscn1. The first kappa shape index (κ1) is 15.8. The molecule has 0 aliphatic heterocycles. The molecule has 1 aliphatic carbocycles. The number of hydrogen-bond acceptors (Lipinski definition) is 4. The van der Waals surface area contributed by atoms with Crippen LogP contribution >= 0.6 is 11.3 Å². The first-order valence-corrected chi connectivity index (χ1v) is 8.88. The number of thiazole rings is 1. The standard InChI is InChI=1S/C17H21N3O2S/c21-17(19-10-14-11-23-12-20-14)18-9-13-5-7-16(8-6-13)22-15-3-1-2-4-15/h5-8,11-12,15H,1-4,9-10H2,(H2,18,19,21). The molecule has 5 nitrogen and oxygen atoms in total. The zero-order valence-corrected chi connectivity index (χ0v) is 13.8. The molecular weight excluding hydrogens is 310 g/mol. The van der Waals surface area contributed by atoms with E-state index in [-0.39, 0.29) is 6.03 Å². The van der Waals surface area contributed by atoms with E-state index in [4.69, 9.17) is 4.74 Å². The molecule has 1 aromatic carbocycles. The normalized spacial score (nSPS) is 14.6. The van der Waals surface area contributed by atoms with Crippen LogP contribution in [0.25, 0.3) is 0 Å². The summed E-state index contributed by atoms with van der Waals surface area (Å²) in [6, 6.07) is 7.74. The third kappa shape index (κ3) is 4.96. The highest BCUT2D eigenvalue weighted by molar-refractivity contribution is 7.07. The number of rotatable bonds is 6. The molecule has 0 bridgehead atoms. The molecule has 2 amide bonds. The molecule has 1 fully saturated rings. The zero-order valence-electron chi connectivity index (χ0n) is 13.0. The summed E-state index contributed by atoms with van der Waals surface area (Å²) in [7, 11) is 0. The molecule has 0 radical (unpaired) electrons. The lowest BCUT2D eigenvalue weighted by Gasteiger charge is -2.13. The van der Waals surface area contributed by atoms with Gasteiger partial charge in [-0.3, -0.25) is 0 Å². The van der Waals surface area contributed by atoms with Crippen molar-refractivity contribution in [1.29, 1.82) is 0 Å². The molecule has 23 heavy (non-hydrogen) atoms. The van der Waals surface area contributed by atoms with Gasteiger partial charge in [-0.05, 0) is 43.4 Å². The molecule has 0 saturated heterocycles. The van der Waals surface area contributed by atoms with Gasteiger partial charge in [0.15, 0.2) is 0 Å². The minimum absolute atomic E-state index is 0.190. The van der Waals surface area contributed by atoms with Crippen molar-refractivity contribution in [2.75, 3.05) is 0 Å². The summed E-state index contributed by atoms with van der Waals surface area (Å²) in [4.78, 5) is 15.9. The highest BCUT2D eigenvalue weighted by atomic mass is 32.1. The average Bonchev–Trinajstić information content (AvgIpc) is 3.26. The van der Waals surface area contributed by atoms with Gasteiger partial charge in [-0.15, -0.1) is 11.3 Å². The van der Waals surface area contributed by atoms with E-state index in [0.29, 0.717) is 19.2 Å². The van der Waals surface area contributed by atoms with Gasteiger partial charge >= 0.3 is 6.03 Å². The molecular formula is C17H21N3O2S. The molecule has 0 unspecified atom stereocenters. The Morgan fingerprint density at radius 1 is 1.17 bits per heavy atom. The smallest absolute Gasteiger partial charge is 0.315 e. The van der Waals surface area contributed by atoms with E-state index in [1.807, 2.05) is 29.6 Å². The van der Waals surface area contributed by atoms with E-state index in [1.54, 1.807) is 5.51 Å². The monoisotopic (exact) mass is 331 g/mol. The van der Waals surface area contributed by atoms with Crippen molar-refractivity contribution in [3.05, 3.63) is 46.4 Å². The summed E-state index contributed by atoms with van der Waals surface area (Å²) in [5.41, 5.74) is 3.68. The van der Waals surface area contributed by atoms with E-state index < -0.39 is 0 Å². The van der Waals surface area contributed by atoms with E-state index in [0.717, 1.165) is 29.8 Å². The number of carbonyl (C=O) groups is 1. The van der Waals surface area contributed by atoms with E-state index in [9.17, 15) is 4.79 Å². The summed E-state index contributed by atoms with van der Waals surface area (Å²) < 4.78 is 5.93. The number of hydrogen-bond donors (Lipinski definition) is 2. The highest BCUT2D eigenvalue weighted by Crippen LogP contribution is 2.24. The molecule has 2 N–H and O–H groups in total. The maximum absolute atomic E-state index is 11.7. The summed E-state index contributed by atoms with van der Waals surface area (Å²) >= 11 is 1.52. The van der Waals surface area contributed by atoms with Crippen molar-refractivity contribution < 1.29 is 9.53 Å². The Bertz CT molecular complexity index is 607. The number of nitrogens with one attached hydrogen (secondary N) is 2. The third-order valence-electron chi connectivity index (χ3n) is 3.89. The van der Waals surface area contributed by atoms with Crippen LogP contribution < -0.4 is 15.4 Å². The number of carbonyl (C=O) groups excluding carboxylic acids is 1. The Morgan fingerprint density at radius 2 is 1.91 bits per heavy atom. The third-order valence-corrected chi connectivity index (χ3v) is 4.53. The quantitative estimate of drug-likeness (QED) is 0.852. The lowest BCUT2D eigenvalue weighted by molar-refractivity contribution is 0.210. The predicted molar refractivity (Wildman–Crippen MR) is 90.5 cm³/mol. The summed E-state index contributed by atoms with van der Waals surface area (Å²) in [5, 5.41) is 7.54. The van der Waals surface area contributed by atoms with Gasteiger partial charge in [0.1, 0.15) is 5.75 Å². The van der Waals surface area contributed by atoms with Crippen LogP contribution in [0.3, 0.4) is 0 Å². The largest absolute Gasteiger partial charge is 0.490 e. The summed E-state index contributed by atoms with van der Waals surface area (Å²) in [6.07, 6.45) is 5.21. The van der Waals surface area contributed by atoms with Gasteiger partial charge in [-0.25, -0.2) is 9.78 Å². The molecule has 1 aromatic heterocycles. The number of amides is 2. The van der Waals surface area contributed by atoms with Crippen molar-refractivity contribution in [2.45, 2.75) is 44.9 Å². The fourth-order valence-electron chi connectivity index (χ4n) is 2.63. The molecule has 0 spiro atoms. The fraction of sp³-hybridized carbons (Fsp3) is 0.412. The average molecular weight is 331 g/mol. The molecule has 1 saturated carbocycles. The predicted octanol–water partition coefficient (Wildman–Crippen LogP) is 3.46. The van der Waals surface area contributed by atoms with Crippen molar-refractivity contribution in [3.63, 3.8) is 0 Å². The topological polar surface area (TPSA) is 63.2 Å². The fourth-order valence-corrected chi connectivity index (χ4v) is 3.18. The van der Waals surface area contributed by atoms with Crippen LogP contribution in [0.15, 0.2) is 35.2 Å². The van der Waals surface area contributed by atoms with Crippen LogP contribution in [0.4, 0.5) is 4.79 Å². The zero-order chi connectivity index (χ0) is 15.9. The Balaban J connectivity index is 1.40. The van der Waals surface area contributed by atoms with Crippen molar-refractivity contribution in [2.24, 2.45) is 0 Å².